The fraction of sp³-hybridized carbons (Fsp3) is 0.217. The molecule has 0 amide bonds. The summed E-state index contributed by atoms with van der Waals surface area (Å²) in [6, 6.07) is 17.1. The van der Waals surface area contributed by atoms with Gasteiger partial charge in [0.15, 0.2) is 18.5 Å². The molecule has 1 aliphatic heterocycles. The summed E-state index contributed by atoms with van der Waals surface area (Å²) >= 11 is 0. The van der Waals surface area contributed by atoms with Crippen LogP contribution in [0.1, 0.15) is 26.9 Å². The highest BCUT2D eigenvalue weighted by molar-refractivity contribution is 5.90. The van der Waals surface area contributed by atoms with Gasteiger partial charge in [-0.1, -0.05) is 36.4 Å². The normalized spacial score (nSPS) is 22.0. The van der Waals surface area contributed by atoms with Crippen LogP contribution in [-0.4, -0.2) is 46.5 Å². The van der Waals surface area contributed by atoms with Crippen molar-refractivity contribution in [2.75, 3.05) is 6.61 Å². The molecular weight excluding hydrogens is 435 g/mol. The number of esters is 2. The number of aromatic amines is 1. The van der Waals surface area contributed by atoms with Gasteiger partial charge in [-0.2, -0.15) is 0 Å². The molecule has 2 heterocycles. The summed E-state index contributed by atoms with van der Waals surface area (Å²) in [6.07, 6.45) is -5.10. The lowest BCUT2D eigenvalue weighted by molar-refractivity contribution is -0.0592. The van der Waals surface area contributed by atoms with Gasteiger partial charge in [0.25, 0.3) is 5.56 Å². The van der Waals surface area contributed by atoms with E-state index in [2.05, 4.69) is 0 Å². The van der Waals surface area contributed by atoms with Gasteiger partial charge in [-0.05, 0) is 24.3 Å². The lowest BCUT2D eigenvalue weighted by Crippen LogP contribution is -2.38. The monoisotopic (exact) mass is 454 g/mol. The summed E-state index contributed by atoms with van der Waals surface area (Å²) in [6.45, 7) is -0.435. The third-order valence-electron chi connectivity index (χ3n) is 5.03. The van der Waals surface area contributed by atoms with Crippen LogP contribution in [0.2, 0.25) is 0 Å². The van der Waals surface area contributed by atoms with E-state index in [1.807, 2.05) is 4.98 Å². The van der Waals surface area contributed by atoms with Gasteiger partial charge in [-0.15, -0.1) is 0 Å². The zero-order chi connectivity index (χ0) is 23.4. The predicted octanol–water partition coefficient (Wildman–Crippen LogP) is 1.85. The smallest absolute Gasteiger partial charge is 0.338 e. The topological polar surface area (TPSA) is 117 Å². The van der Waals surface area contributed by atoms with Crippen LogP contribution in [0.15, 0.2) is 82.5 Å². The van der Waals surface area contributed by atoms with Crippen LogP contribution in [0.25, 0.3) is 0 Å². The number of nitrogens with zero attached hydrogens (tertiary/aromatic N) is 1. The van der Waals surface area contributed by atoms with Gasteiger partial charge in [-0.25, -0.2) is 18.8 Å². The summed E-state index contributed by atoms with van der Waals surface area (Å²) in [4.78, 5) is 50.4. The van der Waals surface area contributed by atoms with Gasteiger partial charge in [0.1, 0.15) is 12.7 Å². The number of ether oxygens (including phenoxy) is 3. The lowest BCUT2D eigenvalue weighted by atomic mass is 10.1. The molecule has 4 rings (SSSR count). The number of carbonyl (C=O) groups is 2. The minimum atomic E-state index is -1.98. The molecule has 33 heavy (non-hydrogen) atoms. The molecule has 1 saturated heterocycles. The van der Waals surface area contributed by atoms with Gasteiger partial charge < -0.3 is 14.2 Å². The molecule has 4 atom stereocenters. The van der Waals surface area contributed by atoms with Crippen LogP contribution in [0.4, 0.5) is 4.39 Å². The van der Waals surface area contributed by atoms with E-state index < -0.39 is 54.4 Å². The summed E-state index contributed by atoms with van der Waals surface area (Å²) in [5.41, 5.74) is -1.09. The highest BCUT2D eigenvalue weighted by Gasteiger charge is 2.49. The van der Waals surface area contributed by atoms with Crippen molar-refractivity contribution in [1.29, 1.82) is 0 Å². The fourth-order valence-electron chi connectivity index (χ4n) is 3.40. The van der Waals surface area contributed by atoms with Crippen molar-refractivity contribution in [2.24, 2.45) is 0 Å². The van der Waals surface area contributed by atoms with E-state index in [9.17, 15) is 19.2 Å². The fourth-order valence-corrected chi connectivity index (χ4v) is 3.40. The number of hydrogen-bond donors (Lipinski definition) is 1. The van der Waals surface area contributed by atoms with Crippen LogP contribution in [0, 0.1) is 0 Å². The molecule has 2 aromatic carbocycles. The summed E-state index contributed by atoms with van der Waals surface area (Å²) in [5.74, 6) is -1.48. The second-order valence-corrected chi connectivity index (χ2v) is 7.23. The maximum atomic E-state index is 15.4. The number of hydrogen-bond acceptors (Lipinski definition) is 7. The average Bonchev–Trinajstić information content (AvgIpc) is 3.13. The Labute approximate surface area is 186 Å². The van der Waals surface area contributed by atoms with Gasteiger partial charge in [0.05, 0.1) is 11.1 Å². The van der Waals surface area contributed by atoms with E-state index in [0.717, 1.165) is 16.8 Å². The maximum absolute atomic E-state index is 15.4. The summed E-state index contributed by atoms with van der Waals surface area (Å²) in [5, 5.41) is 0. The Kier molecular flexibility index (Phi) is 6.45. The molecular formula is C23H19FN2O7. The van der Waals surface area contributed by atoms with Crippen LogP contribution >= 0.6 is 0 Å². The first-order valence-electron chi connectivity index (χ1n) is 10.0. The first kappa shape index (κ1) is 22.2. The predicted molar refractivity (Wildman–Crippen MR) is 112 cm³/mol. The number of carbonyl (C=O) groups excluding carboxylic acids is 2. The van der Waals surface area contributed by atoms with Crippen LogP contribution in [-0.2, 0) is 14.2 Å². The highest BCUT2D eigenvalue weighted by Crippen LogP contribution is 2.33. The molecule has 0 aliphatic carbocycles. The molecule has 0 unspecified atom stereocenters. The Bertz CT molecular complexity index is 1240. The van der Waals surface area contributed by atoms with Crippen molar-refractivity contribution in [1.82, 2.24) is 9.55 Å². The highest BCUT2D eigenvalue weighted by atomic mass is 19.1. The molecule has 3 aromatic rings. The van der Waals surface area contributed by atoms with E-state index in [-0.39, 0.29) is 11.1 Å². The molecule has 9 nitrogen and oxygen atoms in total. The number of alkyl halides is 1. The molecule has 1 aromatic heterocycles. The number of benzene rings is 2. The number of aromatic nitrogens is 2. The minimum Gasteiger partial charge on any atom is -0.459 e. The van der Waals surface area contributed by atoms with E-state index in [0.29, 0.717) is 0 Å². The molecule has 170 valence electrons. The molecule has 0 radical (unpaired) electrons. The Morgan fingerprint density at radius 1 is 0.939 bits per heavy atom. The molecule has 0 spiro atoms. The van der Waals surface area contributed by atoms with E-state index in [1.54, 1.807) is 48.5 Å². The van der Waals surface area contributed by atoms with Crippen molar-refractivity contribution in [3.05, 3.63) is 105 Å². The largest absolute Gasteiger partial charge is 0.459 e. The molecule has 1 aliphatic rings. The third kappa shape index (κ3) is 4.90. The molecule has 1 N–H and O–H groups in total. The van der Waals surface area contributed by atoms with Crippen molar-refractivity contribution < 1.29 is 28.2 Å². The van der Waals surface area contributed by atoms with Gasteiger partial charge in [-0.3, -0.25) is 14.3 Å². The zero-order valence-corrected chi connectivity index (χ0v) is 17.1. The lowest BCUT2D eigenvalue weighted by Gasteiger charge is -2.19. The van der Waals surface area contributed by atoms with Crippen molar-refractivity contribution in [3.63, 3.8) is 0 Å². The Morgan fingerprint density at radius 2 is 1.55 bits per heavy atom. The van der Waals surface area contributed by atoms with Crippen LogP contribution in [0.5, 0.6) is 0 Å². The quantitative estimate of drug-likeness (QED) is 0.565. The Hall–Kier alpha value is -4.05. The standard InChI is InChI=1S/C23H19FN2O7/c24-18-19(33-22(29)15-9-5-2-6-10-15)16(13-31-21(28)14-7-3-1-4-8-14)32-20(18)26-12-11-17(27)25-23(26)30/h1-12,16,18-20H,13H2,(H,25,27,30)/t16-,18-,19+,20-/m1/s1. The number of nitrogens with one attached hydrogen (secondary N) is 1. The maximum Gasteiger partial charge on any atom is 0.338 e. The van der Waals surface area contributed by atoms with Crippen molar-refractivity contribution in [2.45, 2.75) is 24.6 Å². The first-order chi connectivity index (χ1) is 15.9. The average molecular weight is 454 g/mol. The number of H-pyrrole nitrogens is 1. The molecule has 0 saturated carbocycles. The second kappa shape index (κ2) is 9.61. The van der Waals surface area contributed by atoms with E-state index in [1.165, 1.54) is 12.1 Å². The Balaban J connectivity index is 1.56. The number of halogens is 1. The van der Waals surface area contributed by atoms with Gasteiger partial charge in [0, 0.05) is 12.3 Å². The zero-order valence-electron chi connectivity index (χ0n) is 17.1. The second-order valence-electron chi connectivity index (χ2n) is 7.23. The molecule has 10 heteroatoms. The summed E-state index contributed by atoms with van der Waals surface area (Å²) in [7, 11) is 0. The van der Waals surface area contributed by atoms with Gasteiger partial charge in [0.2, 0.25) is 0 Å². The minimum absolute atomic E-state index is 0.189. The van der Waals surface area contributed by atoms with Gasteiger partial charge >= 0.3 is 17.6 Å². The molecule has 1 fully saturated rings. The SMILES string of the molecule is O=C(OC[C@H]1O[C@@H](n2ccc(=O)[nH]c2=O)[C@H](F)[C@H]1OC(=O)c1ccccc1)c1ccccc1. The van der Waals surface area contributed by atoms with Crippen LogP contribution < -0.4 is 11.2 Å². The van der Waals surface area contributed by atoms with Crippen molar-refractivity contribution in [3.8, 4) is 0 Å². The Morgan fingerprint density at radius 3 is 2.15 bits per heavy atom. The molecule has 0 bridgehead atoms. The van der Waals surface area contributed by atoms with Crippen molar-refractivity contribution >= 4 is 11.9 Å². The summed E-state index contributed by atoms with van der Waals surface area (Å²) < 4.78 is 32.5. The van der Waals surface area contributed by atoms with Crippen LogP contribution in [0.3, 0.4) is 0 Å². The van der Waals surface area contributed by atoms with E-state index in [4.69, 9.17) is 14.2 Å². The third-order valence-corrected chi connectivity index (χ3v) is 5.03. The first-order valence-corrected chi connectivity index (χ1v) is 10.0. The number of rotatable bonds is 6. The van der Waals surface area contributed by atoms with E-state index >= 15 is 4.39 Å².